The SMILES string of the molecule is CC(C)(C)c1ccc2c(c1)C1(C)CCCCC1(C)N2c1ccc2c(c1)N(C1C=CC=C3Sc4ccccc4C31)c1cc(N3c4ccc(C(C)(C)C)cc4C4(C)CCCCC34C)cc3c1B2C1CC=Cc2c4c(n-3c21)-c1ccccc1C4(C)C. The quantitative estimate of drug-likeness (QED) is 0.164. The molecule has 83 heavy (non-hydrogen) atoms. The first kappa shape index (κ1) is 51.1. The van der Waals surface area contributed by atoms with Crippen LogP contribution in [0.5, 0.6) is 0 Å². The van der Waals surface area contributed by atoms with Gasteiger partial charge in [0.05, 0.1) is 22.8 Å². The Kier molecular flexibility index (Phi) is 10.2. The fourth-order valence-electron chi connectivity index (χ4n) is 19.5. The van der Waals surface area contributed by atoms with Crippen LogP contribution in [0.2, 0.25) is 0 Å². The van der Waals surface area contributed by atoms with Crippen LogP contribution >= 0.6 is 11.8 Å². The lowest BCUT2D eigenvalue weighted by atomic mass is 9.29. The zero-order valence-corrected chi connectivity index (χ0v) is 52.0. The van der Waals surface area contributed by atoms with Gasteiger partial charge in [-0.05, 0) is 165 Å². The average Bonchev–Trinajstić information content (AvgIpc) is 1.82. The molecule has 2 saturated carbocycles. The number of allylic oxidation sites excluding steroid dienone is 3. The first-order valence-electron chi connectivity index (χ1n) is 31.9. The Morgan fingerprint density at radius 2 is 1.20 bits per heavy atom. The molecule has 7 aromatic rings. The van der Waals surface area contributed by atoms with Crippen LogP contribution in [0.25, 0.3) is 23.0 Å². The molecule has 17 rings (SSSR count). The number of hydrogen-bond acceptors (Lipinski definition) is 4. The van der Waals surface area contributed by atoms with Gasteiger partial charge in [0.2, 0.25) is 6.71 Å². The van der Waals surface area contributed by atoms with E-state index in [-0.39, 0.29) is 62.6 Å². The third-order valence-corrected chi connectivity index (χ3v) is 25.4. The largest absolute Gasteiger partial charge is 0.334 e. The van der Waals surface area contributed by atoms with E-state index in [0.29, 0.717) is 0 Å². The summed E-state index contributed by atoms with van der Waals surface area (Å²) in [5.41, 5.74) is 28.5. The Balaban J connectivity index is 0.980. The van der Waals surface area contributed by atoms with E-state index in [1.807, 2.05) is 11.8 Å². The number of benzene rings is 6. The molecule has 0 spiro atoms. The highest BCUT2D eigenvalue weighted by molar-refractivity contribution is 8.03. The van der Waals surface area contributed by atoms with Crippen LogP contribution in [0.1, 0.15) is 203 Å². The summed E-state index contributed by atoms with van der Waals surface area (Å²) < 4.78 is 2.87. The van der Waals surface area contributed by atoms with Crippen molar-refractivity contribution < 1.29 is 0 Å². The van der Waals surface area contributed by atoms with Gasteiger partial charge in [-0.25, -0.2) is 0 Å². The predicted octanol–water partition coefficient (Wildman–Crippen LogP) is 18.7. The maximum absolute atomic E-state index is 2.94. The number of fused-ring (bicyclic) bond motifs is 18. The minimum Gasteiger partial charge on any atom is -0.334 e. The third kappa shape index (κ3) is 6.32. The zero-order chi connectivity index (χ0) is 56.9. The standard InChI is InChI=1S/C77H81BN4S/c1-71(2,3)46-31-35-58-54(41-46)74(9)37-17-19-39-76(74,11)81(58)48-33-34-56-61(43-48)79(60-28-22-30-65-66(60)51-24-14-16-29-64(51)83-65)62-44-49(82-59-36-32-47(72(4,5)6)42-55(59)75(10)38-18-20-40-77(75,82)12)45-63-68(62)78(56)57-27-21-25-52-67-70(80(63)69(52)57)50-23-13-15-26-53(50)73(67,7)8/h13-16,21-26,28-36,41-45,57,60,66H,17-20,27,37-40H2,1-12H3. The summed E-state index contributed by atoms with van der Waals surface area (Å²) >= 11 is 2.00. The lowest BCUT2D eigenvalue weighted by Crippen LogP contribution is -2.60. The first-order chi connectivity index (χ1) is 39.7. The Bertz CT molecular complexity index is 4140. The van der Waals surface area contributed by atoms with E-state index < -0.39 is 0 Å². The normalized spacial score (nSPS) is 28.5. The van der Waals surface area contributed by atoms with E-state index in [0.717, 1.165) is 12.8 Å². The van der Waals surface area contributed by atoms with Crippen LogP contribution in [0.3, 0.4) is 0 Å². The maximum atomic E-state index is 2.94. The van der Waals surface area contributed by atoms with Gasteiger partial charge in [0.15, 0.2) is 0 Å². The summed E-state index contributed by atoms with van der Waals surface area (Å²) in [5, 5.41) is 0. The molecule has 7 atom stereocenters. The van der Waals surface area contributed by atoms with E-state index in [2.05, 4.69) is 248 Å². The fourth-order valence-corrected chi connectivity index (χ4v) is 20.7. The van der Waals surface area contributed by atoms with Gasteiger partial charge in [-0.1, -0.05) is 210 Å². The summed E-state index contributed by atoms with van der Waals surface area (Å²) in [6, 6.07) is 47.5. The van der Waals surface area contributed by atoms with Crippen molar-refractivity contribution in [1.29, 1.82) is 0 Å². The van der Waals surface area contributed by atoms with Gasteiger partial charge in [-0.3, -0.25) is 0 Å². The molecule has 6 heterocycles. The molecule has 7 unspecified atom stereocenters. The number of aromatic nitrogens is 1. The number of hydrogen-bond donors (Lipinski definition) is 0. The van der Waals surface area contributed by atoms with E-state index >= 15 is 0 Å². The van der Waals surface area contributed by atoms with Crippen LogP contribution in [-0.4, -0.2) is 28.4 Å². The minimum atomic E-state index is -0.157. The molecular weight excluding hydrogens is 1020 g/mol. The molecule has 0 bridgehead atoms. The lowest BCUT2D eigenvalue weighted by Gasteiger charge is -2.52. The molecular formula is C77H81BN4S. The van der Waals surface area contributed by atoms with Crippen LogP contribution in [0.15, 0.2) is 149 Å². The second-order valence-corrected chi connectivity index (χ2v) is 31.7. The van der Waals surface area contributed by atoms with Crippen molar-refractivity contribution in [3.63, 3.8) is 0 Å². The minimum absolute atomic E-state index is 0.0141. The van der Waals surface area contributed by atoms with E-state index in [4.69, 9.17) is 0 Å². The van der Waals surface area contributed by atoms with Gasteiger partial charge in [-0.2, -0.15) is 0 Å². The monoisotopic (exact) mass is 1100 g/mol. The number of nitrogens with zero attached hydrogens (tertiary/aromatic N) is 4. The van der Waals surface area contributed by atoms with Crippen molar-refractivity contribution in [1.82, 2.24) is 4.57 Å². The Morgan fingerprint density at radius 3 is 1.89 bits per heavy atom. The highest BCUT2D eigenvalue weighted by Gasteiger charge is 2.61. The summed E-state index contributed by atoms with van der Waals surface area (Å²) in [5.74, 6) is 0.447. The molecule has 0 amide bonds. The fraction of sp³-hybridized carbons (Fsp3) is 0.403. The molecule has 0 saturated heterocycles. The Morgan fingerprint density at radius 1 is 0.590 bits per heavy atom. The molecule has 5 aliphatic heterocycles. The molecule has 2 fully saturated rings. The molecule has 1 aromatic heterocycles. The van der Waals surface area contributed by atoms with Crippen molar-refractivity contribution >= 4 is 69.6 Å². The Labute approximate surface area is 499 Å². The van der Waals surface area contributed by atoms with Crippen LogP contribution in [-0.2, 0) is 27.1 Å². The average molecular weight is 1110 g/mol. The van der Waals surface area contributed by atoms with Crippen molar-refractivity contribution in [2.24, 2.45) is 0 Å². The van der Waals surface area contributed by atoms with Crippen LogP contribution < -0.4 is 25.6 Å². The summed E-state index contributed by atoms with van der Waals surface area (Å²) in [6.45, 7) is 30.0. The van der Waals surface area contributed by atoms with Gasteiger partial charge in [0.25, 0.3) is 0 Å². The lowest BCUT2D eigenvalue weighted by molar-refractivity contribution is 0.195. The van der Waals surface area contributed by atoms with Crippen molar-refractivity contribution in [2.75, 3.05) is 14.7 Å². The predicted molar refractivity (Wildman–Crippen MR) is 352 cm³/mol. The summed E-state index contributed by atoms with van der Waals surface area (Å²) in [4.78, 5) is 11.6. The van der Waals surface area contributed by atoms with E-state index in [9.17, 15) is 0 Å². The second kappa shape index (κ2) is 16.5. The summed E-state index contributed by atoms with van der Waals surface area (Å²) in [6.07, 6.45) is 23.3. The molecule has 0 N–H and O–H groups in total. The molecule has 5 aliphatic carbocycles. The van der Waals surface area contributed by atoms with Gasteiger partial charge < -0.3 is 19.3 Å². The number of anilines is 6. The van der Waals surface area contributed by atoms with Crippen LogP contribution in [0.4, 0.5) is 34.1 Å². The highest BCUT2D eigenvalue weighted by atomic mass is 32.2. The molecule has 4 nitrogen and oxygen atoms in total. The molecule has 6 heteroatoms. The summed E-state index contributed by atoms with van der Waals surface area (Å²) in [7, 11) is 0. The zero-order valence-electron chi connectivity index (χ0n) is 51.2. The van der Waals surface area contributed by atoms with Crippen molar-refractivity contribution in [2.45, 2.75) is 202 Å². The topological polar surface area (TPSA) is 14.7 Å². The Hall–Kier alpha value is -6.37. The van der Waals surface area contributed by atoms with Crippen LogP contribution in [0, 0.1) is 0 Å². The molecule has 10 aliphatic rings. The van der Waals surface area contributed by atoms with Crippen molar-refractivity contribution in [3.8, 4) is 16.9 Å². The number of rotatable bonds is 3. The highest BCUT2D eigenvalue weighted by Crippen LogP contribution is 2.66. The molecule has 418 valence electrons. The smallest absolute Gasteiger partial charge is 0.226 e. The number of thioether (sulfide) groups is 1. The van der Waals surface area contributed by atoms with Crippen molar-refractivity contribution in [3.05, 3.63) is 195 Å². The third-order valence-electron chi connectivity index (χ3n) is 24.2. The van der Waals surface area contributed by atoms with E-state index in [1.165, 1.54) is 161 Å². The van der Waals surface area contributed by atoms with Gasteiger partial charge in [0, 0.05) is 78.1 Å². The first-order valence-corrected chi connectivity index (χ1v) is 32.7. The van der Waals surface area contributed by atoms with Gasteiger partial charge >= 0.3 is 0 Å². The second-order valence-electron chi connectivity index (χ2n) is 30.6. The maximum Gasteiger partial charge on any atom is 0.226 e. The van der Waals surface area contributed by atoms with Gasteiger partial charge in [-0.15, -0.1) is 0 Å². The molecule has 6 aromatic carbocycles. The van der Waals surface area contributed by atoms with E-state index in [1.54, 1.807) is 5.56 Å². The van der Waals surface area contributed by atoms with Gasteiger partial charge in [0.1, 0.15) is 0 Å². The molecule has 0 radical (unpaired) electrons.